The summed E-state index contributed by atoms with van der Waals surface area (Å²) in [5, 5.41) is 11.8. The third-order valence-corrected chi connectivity index (χ3v) is 4.64. The van der Waals surface area contributed by atoms with Gasteiger partial charge in [0.2, 0.25) is 0 Å². The number of rotatable bonds is 6. The molecule has 0 saturated carbocycles. The Morgan fingerprint density at radius 3 is 2.39 bits per heavy atom. The fourth-order valence-corrected chi connectivity index (χ4v) is 3.27. The molecule has 0 bridgehead atoms. The van der Waals surface area contributed by atoms with Crippen LogP contribution in [0.5, 0.6) is 11.5 Å². The van der Waals surface area contributed by atoms with Crippen LogP contribution in [0.2, 0.25) is 0 Å². The monoisotopic (exact) mass is 379 g/mol. The SMILES string of the molecule is CCOC(=O)c1ccc(Nc2[nH][nH]c3c4cc(OC)c(OC)cc4cc2-3)cc1. The van der Waals surface area contributed by atoms with Crippen LogP contribution >= 0.6 is 0 Å². The van der Waals surface area contributed by atoms with E-state index in [1.165, 1.54) is 0 Å². The van der Waals surface area contributed by atoms with E-state index in [-0.39, 0.29) is 5.97 Å². The summed E-state index contributed by atoms with van der Waals surface area (Å²) in [5.74, 6) is 1.87. The number of H-pyrrole nitrogens is 2. The van der Waals surface area contributed by atoms with Gasteiger partial charge in [-0.3, -0.25) is 10.2 Å². The highest BCUT2D eigenvalue weighted by molar-refractivity contribution is 6.05. The van der Waals surface area contributed by atoms with Gasteiger partial charge in [0.05, 0.1) is 32.1 Å². The molecule has 0 atom stereocenters. The van der Waals surface area contributed by atoms with E-state index in [0.717, 1.165) is 33.5 Å². The molecule has 1 heterocycles. The van der Waals surface area contributed by atoms with Gasteiger partial charge >= 0.3 is 5.97 Å². The van der Waals surface area contributed by atoms with E-state index in [0.29, 0.717) is 23.7 Å². The van der Waals surface area contributed by atoms with Crippen LogP contribution in [-0.4, -0.2) is 37.0 Å². The fourth-order valence-electron chi connectivity index (χ4n) is 3.27. The molecule has 0 aromatic heterocycles. The van der Waals surface area contributed by atoms with Crippen molar-refractivity contribution in [3.05, 3.63) is 48.0 Å². The molecule has 0 fully saturated rings. The Kier molecular flexibility index (Phi) is 4.57. The molecule has 0 unspecified atom stereocenters. The smallest absolute Gasteiger partial charge is 0.338 e. The molecular weight excluding hydrogens is 358 g/mol. The Hall–Kier alpha value is -3.61. The first-order valence-electron chi connectivity index (χ1n) is 8.93. The van der Waals surface area contributed by atoms with Crippen LogP contribution in [0.1, 0.15) is 17.3 Å². The molecule has 2 aromatic carbocycles. The highest BCUT2D eigenvalue weighted by atomic mass is 16.5. The molecule has 0 saturated heterocycles. The van der Waals surface area contributed by atoms with Gasteiger partial charge in [-0.05, 0) is 54.8 Å². The lowest BCUT2D eigenvalue weighted by atomic mass is 10.2. The predicted octanol–water partition coefficient (Wildman–Crippen LogP) is 4.54. The van der Waals surface area contributed by atoms with E-state index in [1.807, 2.05) is 24.3 Å². The lowest BCUT2D eigenvalue weighted by Crippen LogP contribution is -2.04. The average Bonchev–Trinajstić information content (AvgIpc) is 3.27. The van der Waals surface area contributed by atoms with Crippen molar-refractivity contribution in [2.45, 2.75) is 6.92 Å². The summed E-state index contributed by atoms with van der Waals surface area (Å²) in [4.78, 5) is 11.8. The van der Waals surface area contributed by atoms with E-state index in [1.54, 1.807) is 33.3 Å². The molecule has 0 amide bonds. The quantitative estimate of drug-likeness (QED) is 0.428. The van der Waals surface area contributed by atoms with Gasteiger partial charge in [0.15, 0.2) is 11.5 Å². The molecule has 7 heteroatoms. The number of carbonyl (C=O) groups excluding carboxylic acids is 1. The Balaban J connectivity index is 1.64. The number of hydrogen-bond acceptors (Lipinski definition) is 5. The highest BCUT2D eigenvalue weighted by Crippen LogP contribution is 2.42. The van der Waals surface area contributed by atoms with Gasteiger partial charge in [0, 0.05) is 16.6 Å². The first kappa shape index (κ1) is 17.8. The number of methoxy groups -OCH3 is 2. The highest BCUT2D eigenvalue weighted by Gasteiger charge is 2.19. The fraction of sp³-hybridized carbons (Fsp3) is 0.190. The van der Waals surface area contributed by atoms with E-state index >= 15 is 0 Å². The van der Waals surface area contributed by atoms with Gasteiger partial charge in [-0.1, -0.05) is 0 Å². The number of anilines is 2. The number of aromatic nitrogens is 2. The van der Waals surface area contributed by atoms with Gasteiger partial charge in [0.25, 0.3) is 0 Å². The molecule has 3 N–H and O–H groups in total. The van der Waals surface area contributed by atoms with Gasteiger partial charge in [-0.15, -0.1) is 0 Å². The second kappa shape index (κ2) is 7.19. The van der Waals surface area contributed by atoms with Gasteiger partial charge in [-0.25, -0.2) is 4.79 Å². The Labute approximate surface area is 161 Å². The largest absolute Gasteiger partial charge is 0.493 e. The maximum Gasteiger partial charge on any atom is 0.338 e. The Bertz CT molecular complexity index is 1090. The average molecular weight is 379 g/mol. The Morgan fingerprint density at radius 2 is 1.71 bits per heavy atom. The summed E-state index contributed by atoms with van der Waals surface area (Å²) in [6.45, 7) is 2.14. The van der Waals surface area contributed by atoms with E-state index in [9.17, 15) is 4.79 Å². The van der Waals surface area contributed by atoms with Crippen LogP contribution in [0.4, 0.5) is 11.5 Å². The van der Waals surface area contributed by atoms with Crippen LogP contribution in [0, 0.1) is 0 Å². The van der Waals surface area contributed by atoms with E-state index < -0.39 is 0 Å². The van der Waals surface area contributed by atoms with Crippen molar-refractivity contribution in [3.63, 3.8) is 0 Å². The maximum absolute atomic E-state index is 11.8. The molecule has 0 radical (unpaired) electrons. The summed E-state index contributed by atoms with van der Waals surface area (Å²) in [6.07, 6.45) is 0. The molecular formula is C21H21N3O4. The van der Waals surface area contributed by atoms with Crippen LogP contribution in [-0.2, 0) is 4.74 Å². The van der Waals surface area contributed by atoms with Crippen molar-refractivity contribution < 1.29 is 19.0 Å². The number of benzene rings is 2. The minimum absolute atomic E-state index is 0.324. The lowest BCUT2D eigenvalue weighted by molar-refractivity contribution is 0.0526. The number of esters is 1. The predicted molar refractivity (Wildman–Crippen MR) is 108 cm³/mol. The van der Waals surface area contributed by atoms with Crippen molar-refractivity contribution in [1.82, 2.24) is 10.2 Å². The number of nitrogens with one attached hydrogen (secondary N) is 3. The van der Waals surface area contributed by atoms with Crippen molar-refractivity contribution in [2.75, 3.05) is 26.1 Å². The van der Waals surface area contributed by atoms with Crippen LogP contribution in [0.3, 0.4) is 0 Å². The van der Waals surface area contributed by atoms with Crippen molar-refractivity contribution >= 4 is 28.2 Å². The zero-order chi connectivity index (χ0) is 19.7. The molecule has 7 nitrogen and oxygen atoms in total. The summed E-state index contributed by atoms with van der Waals surface area (Å²) < 4.78 is 15.8. The molecule has 144 valence electrons. The zero-order valence-corrected chi connectivity index (χ0v) is 15.9. The topological polar surface area (TPSA) is 88.4 Å². The van der Waals surface area contributed by atoms with Crippen LogP contribution in [0.15, 0.2) is 42.5 Å². The van der Waals surface area contributed by atoms with Crippen molar-refractivity contribution in [3.8, 4) is 22.8 Å². The minimum atomic E-state index is -0.324. The number of ether oxygens (including phenoxy) is 3. The summed E-state index contributed by atoms with van der Waals surface area (Å²) in [7, 11) is 3.25. The molecule has 4 rings (SSSR count). The zero-order valence-electron chi connectivity index (χ0n) is 15.9. The number of hydrogen-bond donors (Lipinski definition) is 3. The number of aromatic amines is 2. The first-order valence-corrected chi connectivity index (χ1v) is 8.93. The molecule has 2 aliphatic rings. The molecule has 28 heavy (non-hydrogen) atoms. The number of fused-ring (bicyclic) bond motifs is 3. The normalized spacial score (nSPS) is 11.0. The van der Waals surface area contributed by atoms with Gasteiger partial charge in [0.1, 0.15) is 5.82 Å². The third-order valence-electron chi connectivity index (χ3n) is 4.64. The van der Waals surface area contributed by atoms with Gasteiger partial charge < -0.3 is 19.5 Å². The standard InChI is InChI=1S/C21H21N3O4/c1-4-28-21(25)12-5-7-14(8-6-12)22-20-16-9-13-10-17(26-2)18(27-3)11-15(13)19(16)23-24-20/h5-11,22-24H,4H2,1-3H3. The molecule has 2 aromatic rings. The Morgan fingerprint density at radius 1 is 1.00 bits per heavy atom. The minimum Gasteiger partial charge on any atom is -0.493 e. The van der Waals surface area contributed by atoms with Gasteiger partial charge in [-0.2, -0.15) is 0 Å². The number of carbonyl (C=O) groups is 1. The second-order valence-electron chi connectivity index (χ2n) is 6.28. The lowest BCUT2D eigenvalue weighted by Gasteiger charge is -2.07. The van der Waals surface area contributed by atoms with Crippen molar-refractivity contribution in [2.24, 2.45) is 0 Å². The first-order chi connectivity index (χ1) is 13.6. The van der Waals surface area contributed by atoms with E-state index in [4.69, 9.17) is 14.2 Å². The molecule has 1 aliphatic carbocycles. The van der Waals surface area contributed by atoms with Crippen molar-refractivity contribution in [1.29, 1.82) is 0 Å². The van der Waals surface area contributed by atoms with Crippen LogP contribution in [0.25, 0.3) is 22.0 Å². The second-order valence-corrected chi connectivity index (χ2v) is 6.28. The van der Waals surface area contributed by atoms with Crippen LogP contribution < -0.4 is 14.8 Å². The maximum atomic E-state index is 11.8. The van der Waals surface area contributed by atoms with E-state index in [2.05, 4.69) is 21.6 Å². The summed E-state index contributed by atoms with van der Waals surface area (Å²) in [5.41, 5.74) is 3.36. The summed E-state index contributed by atoms with van der Waals surface area (Å²) in [6, 6.07) is 13.2. The summed E-state index contributed by atoms with van der Waals surface area (Å²) >= 11 is 0. The third kappa shape index (κ3) is 3.00. The molecule has 0 spiro atoms. The molecule has 1 aliphatic heterocycles.